The van der Waals surface area contributed by atoms with Crippen LogP contribution in [0.3, 0.4) is 0 Å². The molecule has 7 nitrogen and oxygen atoms in total. The number of methoxy groups -OCH3 is 3. The van der Waals surface area contributed by atoms with E-state index in [4.69, 9.17) is 14.2 Å². The van der Waals surface area contributed by atoms with Crippen molar-refractivity contribution in [1.29, 1.82) is 0 Å². The van der Waals surface area contributed by atoms with Gasteiger partial charge in [-0.1, -0.05) is 12.8 Å². The molecule has 1 aliphatic heterocycles. The Hall–Kier alpha value is -2.70. The second kappa shape index (κ2) is 8.60. The minimum Gasteiger partial charge on any atom is -0.493 e. The van der Waals surface area contributed by atoms with Crippen LogP contribution in [0.5, 0.6) is 17.2 Å². The van der Waals surface area contributed by atoms with E-state index in [1.807, 2.05) is 18.2 Å². The Morgan fingerprint density at radius 1 is 0.846 bits per heavy atom. The van der Waals surface area contributed by atoms with Crippen molar-refractivity contribution in [3.63, 3.8) is 0 Å². The van der Waals surface area contributed by atoms with Gasteiger partial charge in [0.1, 0.15) is 18.0 Å². The van der Waals surface area contributed by atoms with Gasteiger partial charge in [0.15, 0.2) is 11.5 Å². The lowest BCUT2D eigenvalue weighted by Gasteiger charge is -2.21. The van der Waals surface area contributed by atoms with Crippen molar-refractivity contribution in [2.75, 3.05) is 44.6 Å². The largest absolute Gasteiger partial charge is 0.493 e. The molecule has 0 unspecified atom stereocenters. The molecule has 1 aliphatic rings. The molecule has 3 rings (SSSR count). The fourth-order valence-electron chi connectivity index (χ4n) is 3.19. The highest BCUT2D eigenvalue weighted by Crippen LogP contribution is 2.40. The molecule has 2 aromatic rings. The molecule has 1 fully saturated rings. The molecule has 0 bridgehead atoms. The lowest BCUT2D eigenvalue weighted by molar-refractivity contribution is 0.324. The number of aromatic nitrogens is 2. The number of nitrogens with zero attached hydrogens (tertiary/aromatic N) is 3. The molecule has 0 amide bonds. The normalized spacial score (nSPS) is 14.5. The van der Waals surface area contributed by atoms with E-state index in [1.165, 1.54) is 25.7 Å². The number of hydrogen-bond acceptors (Lipinski definition) is 7. The van der Waals surface area contributed by atoms with Crippen LogP contribution in [0.2, 0.25) is 0 Å². The van der Waals surface area contributed by atoms with E-state index in [0.717, 1.165) is 30.4 Å². The first-order valence-corrected chi connectivity index (χ1v) is 8.89. The molecular formula is C19H26N4O3. The average molecular weight is 358 g/mol. The Morgan fingerprint density at radius 3 is 2.08 bits per heavy atom. The van der Waals surface area contributed by atoms with E-state index in [1.54, 1.807) is 27.7 Å². The average Bonchev–Trinajstić information content (AvgIpc) is 2.97. The third-order valence-corrected chi connectivity index (χ3v) is 4.52. The van der Waals surface area contributed by atoms with Crippen LogP contribution >= 0.6 is 0 Å². The van der Waals surface area contributed by atoms with Gasteiger partial charge in [0.2, 0.25) is 5.75 Å². The van der Waals surface area contributed by atoms with Crippen molar-refractivity contribution in [2.45, 2.75) is 25.7 Å². The second-order valence-corrected chi connectivity index (χ2v) is 6.20. The molecule has 0 spiro atoms. The van der Waals surface area contributed by atoms with Crippen LogP contribution in [-0.4, -0.2) is 44.4 Å². The highest BCUT2D eigenvalue weighted by Gasteiger charge is 2.15. The van der Waals surface area contributed by atoms with Gasteiger partial charge in [-0.3, -0.25) is 0 Å². The molecule has 0 aliphatic carbocycles. The predicted octanol–water partition coefficient (Wildman–Crippen LogP) is 3.63. The maximum absolute atomic E-state index is 5.40. The minimum absolute atomic E-state index is 0.563. The highest BCUT2D eigenvalue weighted by atomic mass is 16.5. The van der Waals surface area contributed by atoms with Crippen LogP contribution in [0, 0.1) is 0 Å². The molecule has 1 aromatic carbocycles. The SMILES string of the molecule is COc1cc(Nc2cc(N3CCCCCC3)ncn2)cc(OC)c1OC. The summed E-state index contributed by atoms with van der Waals surface area (Å²) in [6.07, 6.45) is 6.59. The number of ether oxygens (including phenoxy) is 3. The first-order chi connectivity index (χ1) is 12.7. The summed E-state index contributed by atoms with van der Waals surface area (Å²) < 4.78 is 16.2. The van der Waals surface area contributed by atoms with E-state index >= 15 is 0 Å². The summed E-state index contributed by atoms with van der Waals surface area (Å²) >= 11 is 0. The maximum atomic E-state index is 5.40. The lowest BCUT2D eigenvalue weighted by atomic mass is 10.2. The van der Waals surface area contributed by atoms with Gasteiger partial charge in [-0.2, -0.15) is 0 Å². The summed E-state index contributed by atoms with van der Waals surface area (Å²) in [5.41, 5.74) is 0.806. The zero-order chi connectivity index (χ0) is 18.4. The Morgan fingerprint density at radius 2 is 1.50 bits per heavy atom. The molecule has 7 heteroatoms. The Balaban J connectivity index is 1.83. The van der Waals surface area contributed by atoms with Crippen LogP contribution in [0.1, 0.15) is 25.7 Å². The van der Waals surface area contributed by atoms with E-state index in [2.05, 4.69) is 20.2 Å². The Bertz CT molecular complexity index is 705. The number of anilines is 3. The maximum Gasteiger partial charge on any atom is 0.203 e. The molecular weight excluding hydrogens is 332 g/mol. The second-order valence-electron chi connectivity index (χ2n) is 6.20. The molecule has 2 heterocycles. The monoisotopic (exact) mass is 358 g/mol. The molecule has 140 valence electrons. The summed E-state index contributed by atoms with van der Waals surface area (Å²) in [5.74, 6) is 3.44. The quantitative estimate of drug-likeness (QED) is 0.845. The van der Waals surface area contributed by atoms with Crippen LogP contribution in [0.25, 0.3) is 0 Å². The summed E-state index contributed by atoms with van der Waals surface area (Å²) in [6, 6.07) is 5.69. The molecule has 26 heavy (non-hydrogen) atoms. The smallest absolute Gasteiger partial charge is 0.203 e. The minimum atomic E-state index is 0.563. The predicted molar refractivity (Wildman–Crippen MR) is 102 cm³/mol. The van der Waals surface area contributed by atoms with Crippen LogP contribution in [-0.2, 0) is 0 Å². The summed E-state index contributed by atoms with van der Waals surface area (Å²) in [4.78, 5) is 11.1. The molecule has 1 N–H and O–H groups in total. The highest BCUT2D eigenvalue weighted by molar-refractivity contribution is 5.67. The molecule has 1 aromatic heterocycles. The molecule has 0 saturated carbocycles. The van der Waals surface area contributed by atoms with E-state index in [0.29, 0.717) is 17.2 Å². The lowest BCUT2D eigenvalue weighted by Crippen LogP contribution is -2.25. The standard InChI is InChI=1S/C19H26N4O3/c1-24-15-10-14(11-16(25-2)19(15)26-3)22-17-12-18(21-13-20-17)23-8-6-4-5-7-9-23/h10-13H,4-9H2,1-3H3,(H,20,21,22). The number of rotatable bonds is 6. The van der Waals surface area contributed by atoms with Crippen LogP contribution in [0.4, 0.5) is 17.3 Å². The van der Waals surface area contributed by atoms with Crippen LogP contribution in [0.15, 0.2) is 24.5 Å². The van der Waals surface area contributed by atoms with Crippen molar-refractivity contribution in [1.82, 2.24) is 9.97 Å². The van der Waals surface area contributed by atoms with Gasteiger partial charge in [-0.05, 0) is 12.8 Å². The summed E-state index contributed by atoms with van der Waals surface area (Å²) in [7, 11) is 4.79. The van der Waals surface area contributed by atoms with E-state index in [9.17, 15) is 0 Å². The zero-order valence-electron chi connectivity index (χ0n) is 15.6. The van der Waals surface area contributed by atoms with Gasteiger partial charge in [-0.15, -0.1) is 0 Å². The first kappa shape index (κ1) is 18.1. The van der Waals surface area contributed by atoms with Gasteiger partial charge in [0.05, 0.1) is 21.3 Å². The topological polar surface area (TPSA) is 68.7 Å². The van der Waals surface area contributed by atoms with Crippen molar-refractivity contribution in [3.8, 4) is 17.2 Å². The first-order valence-electron chi connectivity index (χ1n) is 8.89. The van der Waals surface area contributed by atoms with Crippen molar-refractivity contribution in [3.05, 3.63) is 24.5 Å². The van der Waals surface area contributed by atoms with Gasteiger partial charge < -0.3 is 24.4 Å². The number of hydrogen-bond donors (Lipinski definition) is 1. The zero-order valence-corrected chi connectivity index (χ0v) is 15.6. The van der Waals surface area contributed by atoms with Crippen LogP contribution < -0.4 is 24.4 Å². The van der Waals surface area contributed by atoms with Gasteiger partial charge in [0.25, 0.3) is 0 Å². The van der Waals surface area contributed by atoms with E-state index in [-0.39, 0.29) is 0 Å². The Kier molecular flexibility index (Phi) is 5.99. The fourth-order valence-corrected chi connectivity index (χ4v) is 3.19. The van der Waals surface area contributed by atoms with Gasteiger partial charge in [0, 0.05) is 37.0 Å². The third kappa shape index (κ3) is 4.09. The van der Waals surface area contributed by atoms with Gasteiger partial charge in [-0.25, -0.2) is 9.97 Å². The van der Waals surface area contributed by atoms with Crippen molar-refractivity contribution >= 4 is 17.3 Å². The van der Waals surface area contributed by atoms with E-state index < -0.39 is 0 Å². The molecule has 0 radical (unpaired) electrons. The summed E-state index contributed by atoms with van der Waals surface area (Å²) in [5, 5.41) is 3.31. The third-order valence-electron chi connectivity index (χ3n) is 4.52. The summed E-state index contributed by atoms with van der Waals surface area (Å²) in [6.45, 7) is 2.08. The molecule has 0 atom stereocenters. The number of nitrogens with one attached hydrogen (secondary N) is 1. The Labute approximate surface area is 154 Å². The van der Waals surface area contributed by atoms with Gasteiger partial charge >= 0.3 is 0 Å². The molecule has 1 saturated heterocycles. The fraction of sp³-hybridized carbons (Fsp3) is 0.474. The van der Waals surface area contributed by atoms with Crippen molar-refractivity contribution < 1.29 is 14.2 Å². The van der Waals surface area contributed by atoms with Crippen molar-refractivity contribution in [2.24, 2.45) is 0 Å². The number of benzene rings is 1.